The molecule has 3 rings (SSSR count). The van der Waals surface area contributed by atoms with Crippen molar-refractivity contribution in [3.8, 4) is 11.5 Å². The Morgan fingerprint density at radius 3 is 2.44 bits per heavy atom. The number of Topliss-reactive ketones (excluding diaryl/α,β-unsaturated/α-hetero) is 1. The van der Waals surface area contributed by atoms with Crippen molar-refractivity contribution in [2.45, 2.75) is 19.9 Å². The molecule has 0 radical (unpaired) electrons. The van der Waals surface area contributed by atoms with Crippen LogP contribution in [0.1, 0.15) is 38.8 Å². The van der Waals surface area contributed by atoms with E-state index in [0.29, 0.717) is 22.6 Å². The number of nitrogens with one attached hydrogen (secondary N) is 1. The van der Waals surface area contributed by atoms with Crippen LogP contribution in [0.2, 0.25) is 0 Å². The highest BCUT2D eigenvalue weighted by Gasteiger charge is 2.22. The number of carbonyl (C=O) groups excluding carboxylic acids is 2. The van der Waals surface area contributed by atoms with Crippen LogP contribution in [0.4, 0.5) is 5.69 Å². The third kappa shape index (κ3) is 3.80. The average Bonchev–Trinajstić information content (AvgIpc) is 2.66. The Balaban J connectivity index is 1.96. The van der Waals surface area contributed by atoms with Crippen LogP contribution >= 0.6 is 0 Å². The SMILES string of the molecule is COc1cc(OC)c(C(=O)Nc2cccc3c2CCN(C)C3)cc1C(C)=O. The van der Waals surface area contributed by atoms with E-state index in [1.807, 2.05) is 12.1 Å². The van der Waals surface area contributed by atoms with E-state index in [4.69, 9.17) is 9.47 Å². The van der Waals surface area contributed by atoms with E-state index in [-0.39, 0.29) is 11.7 Å². The highest BCUT2D eigenvalue weighted by atomic mass is 16.5. The summed E-state index contributed by atoms with van der Waals surface area (Å²) in [6, 6.07) is 9.03. The first-order valence-corrected chi connectivity index (χ1v) is 8.82. The van der Waals surface area contributed by atoms with Gasteiger partial charge in [0.15, 0.2) is 5.78 Å². The summed E-state index contributed by atoms with van der Waals surface area (Å²) in [5.41, 5.74) is 3.82. The number of ether oxygens (including phenoxy) is 2. The molecular weight excluding hydrogens is 344 g/mol. The van der Waals surface area contributed by atoms with Gasteiger partial charge in [0, 0.05) is 24.8 Å². The van der Waals surface area contributed by atoms with Gasteiger partial charge in [0.05, 0.1) is 25.3 Å². The highest BCUT2D eigenvalue weighted by molar-refractivity contribution is 6.09. The second kappa shape index (κ2) is 7.80. The second-order valence-electron chi connectivity index (χ2n) is 6.69. The molecule has 1 heterocycles. The number of anilines is 1. The number of fused-ring (bicyclic) bond motifs is 1. The Labute approximate surface area is 159 Å². The Morgan fingerprint density at radius 2 is 1.78 bits per heavy atom. The Hall–Kier alpha value is -2.86. The molecular formula is C21H24N2O4. The van der Waals surface area contributed by atoms with Crippen LogP contribution in [0.15, 0.2) is 30.3 Å². The number of hydrogen-bond acceptors (Lipinski definition) is 5. The van der Waals surface area contributed by atoms with Gasteiger partial charge in [-0.3, -0.25) is 9.59 Å². The molecule has 0 atom stereocenters. The normalized spacial score (nSPS) is 13.6. The molecule has 2 aromatic carbocycles. The first kappa shape index (κ1) is 18.9. The number of rotatable bonds is 5. The van der Waals surface area contributed by atoms with Crippen LogP contribution in [0, 0.1) is 0 Å². The molecule has 1 aliphatic rings. The topological polar surface area (TPSA) is 67.9 Å². The maximum atomic E-state index is 13.0. The number of amides is 1. The Kier molecular flexibility index (Phi) is 5.46. The molecule has 0 aromatic heterocycles. The molecule has 1 N–H and O–H groups in total. The van der Waals surface area contributed by atoms with Crippen molar-refractivity contribution in [3.05, 3.63) is 52.6 Å². The van der Waals surface area contributed by atoms with Gasteiger partial charge in [-0.1, -0.05) is 12.1 Å². The van der Waals surface area contributed by atoms with Crippen molar-refractivity contribution in [2.24, 2.45) is 0 Å². The fourth-order valence-electron chi connectivity index (χ4n) is 3.41. The molecule has 6 heteroatoms. The molecule has 0 fully saturated rings. The minimum atomic E-state index is -0.315. The molecule has 2 aromatic rings. The van der Waals surface area contributed by atoms with Crippen LogP contribution in [0.3, 0.4) is 0 Å². The van der Waals surface area contributed by atoms with Crippen molar-refractivity contribution in [1.82, 2.24) is 4.90 Å². The largest absolute Gasteiger partial charge is 0.496 e. The number of nitrogens with zero attached hydrogens (tertiary/aromatic N) is 1. The molecule has 142 valence electrons. The summed E-state index contributed by atoms with van der Waals surface area (Å²) < 4.78 is 10.6. The summed E-state index contributed by atoms with van der Waals surface area (Å²) in [6.07, 6.45) is 0.876. The van der Waals surface area contributed by atoms with Crippen LogP contribution in [0.5, 0.6) is 11.5 Å². The van der Waals surface area contributed by atoms with E-state index in [9.17, 15) is 9.59 Å². The van der Waals surface area contributed by atoms with Gasteiger partial charge in [0.25, 0.3) is 5.91 Å². The molecule has 1 amide bonds. The quantitative estimate of drug-likeness (QED) is 0.821. The zero-order chi connectivity index (χ0) is 19.6. The van der Waals surface area contributed by atoms with Gasteiger partial charge in [0.2, 0.25) is 0 Å². The highest BCUT2D eigenvalue weighted by Crippen LogP contribution is 2.31. The lowest BCUT2D eigenvalue weighted by atomic mass is 9.97. The van der Waals surface area contributed by atoms with Crippen LogP contribution in [0.25, 0.3) is 0 Å². The van der Waals surface area contributed by atoms with E-state index >= 15 is 0 Å². The number of benzene rings is 2. The minimum absolute atomic E-state index is 0.177. The van der Waals surface area contributed by atoms with Gasteiger partial charge in [-0.2, -0.15) is 0 Å². The Morgan fingerprint density at radius 1 is 1.07 bits per heavy atom. The molecule has 0 aliphatic carbocycles. The summed E-state index contributed by atoms with van der Waals surface area (Å²) in [6.45, 7) is 3.25. The van der Waals surface area contributed by atoms with E-state index in [2.05, 4.69) is 23.3 Å². The summed E-state index contributed by atoms with van der Waals surface area (Å²) in [5, 5.41) is 2.99. The van der Waals surface area contributed by atoms with Crippen LogP contribution in [-0.4, -0.2) is 44.4 Å². The number of methoxy groups -OCH3 is 2. The molecule has 0 saturated heterocycles. The smallest absolute Gasteiger partial charge is 0.259 e. The summed E-state index contributed by atoms with van der Waals surface area (Å²) in [4.78, 5) is 27.1. The first-order chi connectivity index (χ1) is 12.9. The van der Waals surface area contributed by atoms with Gasteiger partial charge in [-0.25, -0.2) is 0 Å². The zero-order valence-corrected chi connectivity index (χ0v) is 16.1. The Bertz CT molecular complexity index is 892. The maximum Gasteiger partial charge on any atom is 0.259 e. The molecule has 0 saturated carbocycles. The van der Waals surface area contributed by atoms with Gasteiger partial charge in [-0.05, 0) is 43.7 Å². The number of ketones is 1. The average molecular weight is 368 g/mol. The molecule has 27 heavy (non-hydrogen) atoms. The van der Waals surface area contributed by atoms with E-state index < -0.39 is 0 Å². The lowest BCUT2D eigenvalue weighted by Gasteiger charge is -2.27. The fourth-order valence-corrected chi connectivity index (χ4v) is 3.41. The maximum absolute atomic E-state index is 13.0. The van der Waals surface area contributed by atoms with Gasteiger partial charge in [0.1, 0.15) is 11.5 Å². The molecule has 0 bridgehead atoms. The van der Waals surface area contributed by atoms with Crippen LogP contribution < -0.4 is 14.8 Å². The van der Waals surface area contributed by atoms with Crippen molar-refractivity contribution in [1.29, 1.82) is 0 Å². The first-order valence-electron chi connectivity index (χ1n) is 8.82. The van der Waals surface area contributed by atoms with E-state index in [1.165, 1.54) is 32.8 Å². The van der Waals surface area contributed by atoms with E-state index in [1.54, 1.807) is 6.07 Å². The van der Waals surface area contributed by atoms with Gasteiger partial charge >= 0.3 is 0 Å². The lowest BCUT2D eigenvalue weighted by molar-refractivity contribution is 0.101. The molecule has 0 unspecified atom stereocenters. The third-order valence-corrected chi connectivity index (χ3v) is 4.85. The van der Waals surface area contributed by atoms with Crippen molar-refractivity contribution < 1.29 is 19.1 Å². The van der Waals surface area contributed by atoms with Gasteiger partial charge < -0.3 is 19.7 Å². The van der Waals surface area contributed by atoms with Crippen molar-refractivity contribution in [2.75, 3.05) is 33.1 Å². The molecule has 6 nitrogen and oxygen atoms in total. The van der Waals surface area contributed by atoms with Crippen molar-refractivity contribution in [3.63, 3.8) is 0 Å². The number of hydrogen-bond donors (Lipinski definition) is 1. The summed E-state index contributed by atoms with van der Waals surface area (Å²) in [7, 11) is 5.05. The van der Waals surface area contributed by atoms with Gasteiger partial charge in [-0.15, -0.1) is 0 Å². The number of likely N-dealkylation sites (N-methyl/N-ethyl adjacent to an activating group) is 1. The van der Waals surface area contributed by atoms with Crippen molar-refractivity contribution >= 4 is 17.4 Å². The number of carbonyl (C=O) groups is 2. The predicted molar refractivity (Wildman–Crippen MR) is 104 cm³/mol. The lowest BCUT2D eigenvalue weighted by Crippen LogP contribution is -2.27. The predicted octanol–water partition coefficient (Wildman–Crippen LogP) is 3.15. The second-order valence-corrected chi connectivity index (χ2v) is 6.69. The zero-order valence-electron chi connectivity index (χ0n) is 16.1. The standard InChI is InChI=1S/C21H24N2O4/c1-13(24)16-10-17(20(27-4)11-19(16)26-3)21(25)22-18-7-5-6-14-12-23(2)9-8-15(14)18/h5-7,10-11H,8-9,12H2,1-4H3,(H,22,25). The summed E-state index contributed by atoms with van der Waals surface area (Å²) >= 11 is 0. The molecule has 1 aliphatic heterocycles. The van der Waals surface area contributed by atoms with E-state index in [0.717, 1.165) is 30.8 Å². The molecule has 0 spiro atoms. The third-order valence-electron chi connectivity index (χ3n) is 4.85. The summed E-state index contributed by atoms with van der Waals surface area (Å²) in [5.74, 6) is 0.253. The minimum Gasteiger partial charge on any atom is -0.496 e. The van der Waals surface area contributed by atoms with Crippen LogP contribution in [-0.2, 0) is 13.0 Å². The monoisotopic (exact) mass is 368 g/mol. The fraction of sp³-hybridized carbons (Fsp3) is 0.333.